The lowest BCUT2D eigenvalue weighted by Gasteiger charge is -2.22. The van der Waals surface area contributed by atoms with Gasteiger partial charge in [0.2, 0.25) is 0 Å². The number of carboxylic acid groups (broad SMARTS) is 1. The number of alkyl halides is 3. The molecule has 0 heterocycles. The van der Waals surface area contributed by atoms with Crippen molar-refractivity contribution in [1.29, 1.82) is 0 Å². The summed E-state index contributed by atoms with van der Waals surface area (Å²) in [4.78, 5) is 11.6. The van der Waals surface area contributed by atoms with Gasteiger partial charge in [-0.3, -0.25) is 9.69 Å². The van der Waals surface area contributed by atoms with E-state index in [0.29, 0.717) is 6.42 Å². The van der Waals surface area contributed by atoms with Gasteiger partial charge in [0, 0.05) is 13.1 Å². The Morgan fingerprint density at radius 1 is 1.20 bits per heavy atom. The third kappa shape index (κ3) is 7.13. The second kappa shape index (κ2) is 7.28. The van der Waals surface area contributed by atoms with Gasteiger partial charge < -0.3 is 5.11 Å². The van der Waals surface area contributed by atoms with E-state index in [-0.39, 0.29) is 19.5 Å². The third-order valence-corrected chi connectivity index (χ3v) is 2.88. The Kier molecular flexibility index (Phi) is 6.01. The highest BCUT2D eigenvalue weighted by atomic mass is 19.4. The number of aryl methyl sites for hydroxylation is 1. The van der Waals surface area contributed by atoms with Crippen LogP contribution in [0.25, 0.3) is 0 Å². The van der Waals surface area contributed by atoms with E-state index in [0.717, 1.165) is 16.0 Å². The Balaban J connectivity index is 2.54. The molecule has 1 aromatic rings. The van der Waals surface area contributed by atoms with Crippen LogP contribution < -0.4 is 0 Å². The number of carboxylic acids is 1. The van der Waals surface area contributed by atoms with Gasteiger partial charge in [0.15, 0.2) is 0 Å². The molecule has 6 heteroatoms. The number of hydrogen-bond acceptors (Lipinski definition) is 2. The Labute approximate surface area is 116 Å². The lowest BCUT2D eigenvalue weighted by Crippen LogP contribution is -2.37. The molecule has 0 aliphatic carbocycles. The average molecular weight is 289 g/mol. The predicted octanol–water partition coefficient (Wildman–Crippen LogP) is 2.88. The van der Waals surface area contributed by atoms with E-state index in [1.807, 2.05) is 31.2 Å². The molecule has 0 aliphatic heterocycles. The van der Waals surface area contributed by atoms with Crippen LogP contribution in [-0.4, -0.2) is 41.8 Å². The molecule has 0 atom stereocenters. The zero-order valence-electron chi connectivity index (χ0n) is 11.3. The number of hydrogen-bond donors (Lipinski definition) is 1. The maximum atomic E-state index is 12.4. The average Bonchev–Trinajstić information content (AvgIpc) is 2.33. The molecular weight excluding hydrogens is 271 g/mol. The summed E-state index contributed by atoms with van der Waals surface area (Å²) in [5.74, 6) is -1.09. The van der Waals surface area contributed by atoms with Gasteiger partial charge in [0.25, 0.3) is 0 Å². The van der Waals surface area contributed by atoms with Gasteiger partial charge in [-0.1, -0.05) is 29.8 Å². The number of halogens is 3. The number of benzene rings is 1. The molecule has 0 saturated carbocycles. The maximum Gasteiger partial charge on any atom is 0.401 e. The summed E-state index contributed by atoms with van der Waals surface area (Å²) in [6, 6.07) is 7.55. The lowest BCUT2D eigenvalue weighted by molar-refractivity contribution is -0.149. The third-order valence-electron chi connectivity index (χ3n) is 2.88. The van der Waals surface area contributed by atoms with Crippen LogP contribution in [0, 0.1) is 6.92 Å². The molecule has 20 heavy (non-hydrogen) atoms. The molecule has 112 valence electrons. The highest BCUT2D eigenvalue weighted by Gasteiger charge is 2.30. The van der Waals surface area contributed by atoms with E-state index in [1.54, 1.807) is 0 Å². The van der Waals surface area contributed by atoms with E-state index in [9.17, 15) is 18.0 Å². The molecule has 0 aliphatic rings. The summed E-state index contributed by atoms with van der Waals surface area (Å²) in [7, 11) is 0. The first-order valence-electron chi connectivity index (χ1n) is 6.33. The van der Waals surface area contributed by atoms with Gasteiger partial charge >= 0.3 is 12.1 Å². The normalized spacial score (nSPS) is 11.8. The van der Waals surface area contributed by atoms with E-state index in [2.05, 4.69) is 0 Å². The van der Waals surface area contributed by atoms with Crippen LogP contribution in [0.15, 0.2) is 24.3 Å². The SMILES string of the molecule is Cc1ccc(CCN(CCC(=O)O)CC(F)(F)F)cc1. The topological polar surface area (TPSA) is 40.5 Å². The predicted molar refractivity (Wildman–Crippen MR) is 69.6 cm³/mol. The van der Waals surface area contributed by atoms with Crippen molar-refractivity contribution in [2.75, 3.05) is 19.6 Å². The minimum Gasteiger partial charge on any atom is -0.481 e. The fourth-order valence-corrected chi connectivity index (χ4v) is 1.82. The molecule has 0 fully saturated rings. The highest BCUT2D eigenvalue weighted by molar-refractivity contribution is 5.66. The fraction of sp³-hybridized carbons (Fsp3) is 0.500. The fourth-order valence-electron chi connectivity index (χ4n) is 1.82. The molecule has 1 aromatic carbocycles. The van der Waals surface area contributed by atoms with Crippen molar-refractivity contribution in [2.24, 2.45) is 0 Å². The van der Waals surface area contributed by atoms with Crippen molar-refractivity contribution in [3.8, 4) is 0 Å². The number of carbonyl (C=O) groups is 1. The molecule has 0 amide bonds. The zero-order valence-corrected chi connectivity index (χ0v) is 11.3. The van der Waals surface area contributed by atoms with Crippen LogP contribution in [-0.2, 0) is 11.2 Å². The van der Waals surface area contributed by atoms with Crippen molar-refractivity contribution >= 4 is 5.97 Å². The zero-order chi connectivity index (χ0) is 15.2. The number of nitrogens with zero attached hydrogens (tertiary/aromatic N) is 1. The van der Waals surface area contributed by atoms with Gasteiger partial charge in [0.05, 0.1) is 13.0 Å². The molecule has 3 nitrogen and oxygen atoms in total. The molecule has 1 N–H and O–H groups in total. The van der Waals surface area contributed by atoms with Crippen molar-refractivity contribution in [1.82, 2.24) is 4.90 Å². The molecule has 1 rings (SSSR count). The van der Waals surface area contributed by atoms with Gasteiger partial charge in [-0.05, 0) is 18.9 Å². The number of rotatable bonds is 7. The van der Waals surface area contributed by atoms with E-state index >= 15 is 0 Å². The number of aliphatic carboxylic acids is 1. The van der Waals surface area contributed by atoms with Gasteiger partial charge in [-0.25, -0.2) is 0 Å². The molecule has 0 bridgehead atoms. The van der Waals surface area contributed by atoms with E-state index < -0.39 is 18.7 Å². The molecule has 0 saturated heterocycles. The van der Waals surface area contributed by atoms with Crippen LogP contribution >= 0.6 is 0 Å². The van der Waals surface area contributed by atoms with E-state index in [1.165, 1.54) is 0 Å². The molecule has 0 spiro atoms. The minimum absolute atomic E-state index is 0.0965. The van der Waals surface area contributed by atoms with Gasteiger partial charge in [-0.15, -0.1) is 0 Å². The molecular formula is C14H18F3NO2. The van der Waals surface area contributed by atoms with Crippen molar-refractivity contribution in [2.45, 2.75) is 25.9 Å². The summed E-state index contributed by atoms with van der Waals surface area (Å²) in [5, 5.41) is 8.57. The van der Waals surface area contributed by atoms with Crippen LogP contribution in [0.2, 0.25) is 0 Å². The van der Waals surface area contributed by atoms with Gasteiger partial charge in [-0.2, -0.15) is 13.2 Å². The van der Waals surface area contributed by atoms with Crippen LogP contribution in [0.4, 0.5) is 13.2 Å². The highest BCUT2D eigenvalue weighted by Crippen LogP contribution is 2.17. The van der Waals surface area contributed by atoms with Crippen LogP contribution in [0.5, 0.6) is 0 Å². The van der Waals surface area contributed by atoms with Gasteiger partial charge in [0.1, 0.15) is 0 Å². The van der Waals surface area contributed by atoms with Crippen molar-refractivity contribution < 1.29 is 23.1 Å². The van der Waals surface area contributed by atoms with Crippen LogP contribution in [0.3, 0.4) is 0 Å². The Bertz CT molecular complexity index is 429. The first-order chi connectivity index (χ1) is 9.26. The molecule has 0 radical (unpaired) electrons. The first-order valence-corrected chi connectivity index (χ1v) is 6.33. The second-order valence-corrected chi connectivity index (χ2v) is 4.77. The first kappa shape index (κ1) is 16.5. The van der Waals surface area contributed by atoms with E-state index in [4.69, 9.17) is 5.11 Å². The molecule has 0 unspecified atom stereocenters. The standard InChI is InChI=1S/C14H18F3NO2/c1-11-2-4-12(5-3-11)6-8-18(9-7-13(19)20)10-14(15,16)17/h2-5H,6-10H2,1H3,(H,19,20). The van der Waals surface area contributed by atoms with Crippen LogP contribution in [0.1, 0.15) is 17.5 Å². The largest absolute Gasteiger partial charge is 0.481 e. The molecule has 0 aromatic heterocycles. The summed E-state index contributed by atoms with van der Waals surface area (Å²) in [6.07, 6.45) is -4.13. The summed E-state index contributed by atoms with van der Waals surface area (Å²) < 4.78 is 37.3. The minimum atomic E-state index is -4.31. The maximum absolute atomic E-state index is 12.4. The Morgan fingerprint density at radius 2 is 1.80 bits per heavy atom. The summed E-state index contributed by atoms with van der Waals surface area (Å²) >= 11 is 0. The van der Waals surface area contributed by atoms with Crippen molar-refractivity contribution in [3.05, 3.63) is 35.4 Å². The Hall–Kier alpha value is -1.56. The monoisotopic (exact) mass is 289 g/mol. The summed E-state index contributed by atoms with van der Waals surface area (Å²) in [5.41, 5.74) is 2.03. The smallest absolute Gasteiger partial charge is 0.401 e. The second-order valence-electron chi connectivity index (χ2n) is 4.77. The van der Waals surface area contributed by atoms with Crippen molar-refractivity contribution in [3.63, 3.8) is 0 Å². The Morgan fingerprint density at radius 3 is 2.30 bits per heavy atom. The summed E-state index contributed by atoms with van der Waals surface area (Å²) in [6.45, 7) is 0.954. The lowest BCUT2D eigenvalue weighted by atomic mass is 10.1. The quantitative estimate of drug-likeness (QED) is 0.839.